The summed E-state index contributed by atoms with van der Waals surface area (Å²) in [4.78, 5) is 14.2. The number of benzene rings is 3. The number of hydrogen-bond acceptors (Lipinski definition) is 4. The maximum Gasteiger partial charge on any atom is 0.330 e. The lowest BCUT2D eigenvalue weighted by Gasteiger charge is -2.34. The van der Waals surface area contributed by atoms with Gasteiger partial charge in [0.25, 0.3) is 0 Å². The second-order valence-electron chi connectivity index (χ2n) is 10.6. The number of nitrogens with zero attached hydrogens (tertiary/aromatic N) is 1. The number of carbonyl (C=O) groups excluding carboxylic acids is 1. The molecule has 3 aromatic carbocycles. The summed E-state index contributed by atoms with van der Waals surface area (Å²) in [6, 6.07) is 18.8. The molecule has 0 saturated heterocycles. The zero-order valence-corrected chi connectivity index (χ0v) is 21.4. The Morgan fingerprint density at radius 3 is 2.51 bits per heavy atom. The van der Waals surface area contributed by atoms with Crippen molar-refractivity contribution in [2.75, 3.05) is 24.6 Å². The normalized spacial score (nSPS) is 14.3. The van der Waals surface area contributed by atoms with Gasteiger partial charge < -0.3 is 14.7 Å². The summed E-state index contributed by atoms with van der Waals surface area (Å²) in [5.41, 5.74) is 5.60. The molecule has 0 aliphatic heterocycles. The van der Waals surface area contributed by atoms with Gasteiger partial charge >= 0.3 is 5.97 Å². The summed E-state index contributed by atoms with van der Waals surface area (Å²) in [5.74, 6) is -0.326. The fourth-order valence-electron chi connectivity index (χ4n) is 5.07. The molecular weight excluding hydrogens is 434 g/mol. The van der Waals surface area contributed by atoms with Crippen LogP contribution in [0, 0.1) is 5.41 Å². The predicted molar refractivity (Wildman–Crippen MR) is 144 cm³/mol. The number of aryl methyl sites for hydroxylation is 2. The van der Waals surface area contributed by atoms with E-state index in [1.54, 1.807) is 0 Å². The van der Waals surface area contributed by atoms with Crippen LogP contribution >= 0.6 is 0 Å². The standard InChI is InChI=1S/C31H37NO3/c1-5-35-29(33)17-10-18-32(21-31(2,3)4)28-20-24-14-8-13-23(24)19-27(28)30(34)26-16-9-12-22-11-6-7-15-25(22)26/h6-7,9-12,15-17,19-20,30,34H,5,8,13-14,18,21H2,1-4H3/b17-10+. The lowest BCUT2D eigenvalue weighted by molar-refractivity contribution is -0.137. The van der Waals surface area contributed by atoms with Gasteiger partial charge in [-0.1, -0.05) is 75.4 Å². The number of fused-ring (bicyclic) bond motifs is 2. The maximum absolute atomic E-state index is 11.9. The molecule has 0 fully saturated rings. The van der Waals surface area contributed by atoms with Crippen LogP contribution in [0.3, 0.4) is 0 Å². The van der Waals surface area contributed by atoms with Gasteiger partial charge in [0.1, 0.15) is 6.10 Å². The SMILES string of the molecule is CCOC(=O)/C=C/CN(CC(C)(C)C)c1cc2c(cc1C(O)c1cccc3ccccc13)CCC2. The Kier molecular flexibility index (Phi) is 7.61. The summed E-state index contributed by atoms with van der Waals surface area (Å²) in [6.07, 6.45) is 5.88. The summed E-state index contributed by atoms with van der Waals surface area (Å²) < 4.78 is 5.07. The van der Waals surface area contributed by atoms with E-state index in [9.17, 15) is 9.90 Å². The molecule has 0 radical (unpaired) electrons. The molecule has 4 heteroatoms. The molecule has 0 aromatic heterocycles. The number of hydrogen-bond donors (Lipinski definition) is 1. The minimum absolute atomic E-state index is 0.0262. The monoisotopic (exact) mass is 471 g/mol. The van der Waals surface area contributed by atoms with Crippen LogP contribution < -0.4 is 4.90 Å². The molecule has 1 atom stereocenters. The molecule has 184 valence electrons. The van der Waals surface area contributed by atoms with Crippen LogP contribution in [-0.4, -0.2) is 30.8 Å². The molecule has 1 N–H and O–H groups in total. The molecule has 1 aliphatic rings. The molecule has 0 heterocycles. The Bertz CT molecular complexity index is 1220. The van der Waals surface area contributed by atoms with E-state index in [2.05, 4.69) is 56.0 Å². The summed E-state index contributed by atoms with van der Waals surface area (Å²) in [7, 11) is 0. The highest BCUT2D eigenvalue weighted by Crippen LogP contribution is 2.39. The van der Waals surface area contributed by atoms with Crippen molar-refractivity contribution in [3.8, 4) is 0 Å². The molecule has 1 aliphatic carbocycles. The first-order valence-electron chi connectivity index (χ1n) is 12.7. The largest absolute Gasteiger partial charge is 0.463 e. The molecule has 1 unspecified atom stereocenters. The van der Waals surface area contributed by atoms with Gasteiger partial charge in [-0.15, -0.1) is 0 Å². The number of carbonyl (C=O) groups is 1. The minimum atomic E-state index is -0.751. The molecule has 0 spiro atoms. The van der Waals surface area contributed by atoms with Gasteiger partial charge in [-0.25, -0.2) is 4.79 Å². The van der Waals surface area contributed by atoms with E-state index >= 15 is 0 Å². The summed E-state index contributed by atoms with van der Waals surface area (Å²) in [5, 5.41) is 14.0. The first-order valence-corrected chi connectivity index (χ1v) is 12.7. The highest BCUT2D eigenvalue weighted by atomic mass is 16.5. The predicted octanol–water partition coefficient (Wildman–Crippen LogP) is 6.38. The third-order valence-corrected chi connectivity index (χ3v) is 6.53. The molecular formula is C31H37NO3. The van der Waals surface area contributed by atoms with Crippen molar-refractivity contribution in [2.45, 2.75) is 53.1 Å². The number of aliphatic hydroxyl groups is 1. The van der Waals surface area contributed by atoms with Crippen LogP contribution in [0.1, 0.15) is 62.5 Å². The van der Waals surface area contributed by atoms with E-state index in [4.69, 9.17) is 4.74 Å². The van der Waals surface area contributed by atoms with Crippen LogP contribution in [-0.2, 0) is 22.4 Å². The summed E-state index contributed by atoms with van der Waals surface area (Å²) in [6.45, 7) is 10.2. The number of anilines is 1. The van der Waals surface area contributed by atoms with Gasteiger partial charge in [0, 0.05) is 30.4 Å². The van der Waals surface area contributed by atoms with Crippen molar-refractivity contribution in [3.63, 3.8) is 0 Å². The number of aliphatic hydroxyl groups excluding tert-OH is 1. The van der Waals surface area contributed by atoms with Gasteiger partial charge in [-0.2, -0.15) is 0 Å². The average molecular weight is 472 g/mol. The van der Waals surface area contributed by atoms with Crippen LogP contribution in [0.2, 0.25) is 0 Å². The van der Waals surface area contributed by atoms with E-state index in [-0.39, 0.29) is 11.4 Å². The molecule has 4 rings (SSSR count). The van der Waals surface area contributed by atoms with Crippen LogP contribution in [0.5, 0.6) is 0 Å². The Hall–Kier alpha value is -3.11. The third kappa shape index (κ3) is 5.94. The van der Waals surface area contributed by atoms with Gasteiger partial charge in [0.15, 0.2) is 0 Å². The zero-order valence-electron chi connectivity index (χ0n) is 21.4. The van der Waals surface area contributed by atoms with Crippen LogP contribution in [0.15, 0.2) is 66.7 Å². The smallest absolute Gasteiger partial charge is 0.330 e. The Morgan fingerprint density at radius 2 is 1.77 bits per heavy atom. The van der Waals surface area contributed by atoms with E-state index in [0.29, 0.717) is 13.2 Å². The molecule has 0 bridgehead atoms. The highest BCUT2D eigenvalue weighted by molar-refractivity contribution is 5.86. The minimum Gasteiger partial charge on any atom is -0.463 e. The summed E-state index contributed by atoms with van der Waals surface area (Å²) >= 11 is 0. The van der Waals surface area contributed by atoms with Crippen molar-refractivity contribution in [3.05, 3.63) is 89.0 Å². The van der Waals surface area contributed by atoms with Crippen molar-refractivity contribution in [1.29, 1.82) is 0 Å². The Balaban J connectivity index is 1.79. The molecule has 4 nitrogen and oxygen atoms in total. The fraction of sp³-hybridized carbons (Fsp3) is 0.387. The van der Waals surface area contributed by atoms with E-state index in [1.165, 1.54) is 17.2 Å². The van der Waals surface area contributed by atoms with Gasteiger partial charge in [0.05, 0.1) is 6.61 Å². The first-order chi connectivity index (χ1) is 16.8. The van der Waals surface area contributed by atoms with E-state index in [1.807, 2.05) is 37.3 Å². The van der Waals surface area contributed by atoms with Crippen LogP contribution in [0.25, 0.3) is 10.8 Å². The van der Waals surface area contributed by atoms with Gasteiger partial charge in [0.2, 0.25) is 0 Å². The topological polar surface area (TPSA) is 49.8 Å². The highest BCUT2D eigenvalue weighted by Gasteiger charge is 2.26. The molecule has 0 saturated carbocycles. The molecule has 0 amide bonds. The van der Waals surface area contributed by atoms with Crippen LogP contribution in [0.4, 0.5) is 5.69 Å². The molecule has 3 aromatic rings. The quantitative estimate of drug-likeness (QED) is 0.306. The molecule has 35 heavy (non-hydrogen) atoms. The maximum atomic E-state index is 11.9. The Morgan fingerprint density at radius 1 is 1.06 bits per heavy atom. The number of ether oxygens (including phenoxy) is 1. The second-order valence-corrected chi connectivity index (χ2v) is 10.6. The van der Waals surface area contributed by atoms with E-state index < -0.39 is 6.10 Å². The van der Waals surface area contributed by atoms with Gasteiger partial charge in [-0.05, 0) is 65.1 Å². The van der Waals surface area contributed by atoms with Crippen molar-refractivity contribution < 1.29 is 14.6 Å². The number of esters is 1. The van der Waals surface area contributed by atoms with Crippen molar-refractivity contribution in [1.82, 2.24) is 0 Å². The third-order valence-electron chi connectivity index (χ3n) is 6.53. The second kappa shape index (κ2) is 10.7. The Labute approximate surface area is 209 Å². The first kappa shape index (κ1) is 25.0. The fourth-order valence-corrected chi connectivity index (χ4v) is 5.07. The van der Waals surface area contributed by atoms with E-state index in [0.717, 1.165) is 53.4 Å². The lowest BCUT2D eigenvalue weighted by atomic mass is 9.90. The van der Waals surface area contributed by atoms with Crippen molar-refractivity contribution >= 4 is 22.4 Å². The van der Waals surface area contributed by atoms with Gasteiger partial charge in [-0.3, -0.25) is 0 Å². The zero-order chi connectivity index (χ0) is 25.0. The average Bonchev–Trinajstić information content (AvgIpc) is 3.29. The van der Waals surface area contributed by atoms with Crippen molar-refractivity contribution in [2.24, 2.45) is 5.41 Å². The lowest BCUT2D eigenvalue weighted by Crippen LogP contribution is -2.34. The number of rotatable bonds is 8.